The molecule has 0 atom stereocenters. The number of rotatable bonds is 1. The van der Waals surface area contributed by atoms with Crippen molar-refractivity contribution in [2.75, 3.05) is 0 Å². The van der Waals surface area contributed by atoms with Gasteiger partial charge in [0.05, 0.1) is 0 Å². The summed E-state index contributed by atoms with van der Waals surface area (Å²) in [4.78, 5) is 10.8. The number of carbonyl (C=O) groups is 1. The Morgan fingerprint density at radius 2 is 1.46 bits per heavy atom. The Morgan fingerprint density at radius 1 is 1.08 bits per heavy atom. The van der Waals surface area contributed by atoms with Crippen molar-refractivity contribution in [3.8, 4) is 0 Å². The van der Waals surface area contributed by atoms with Crippen molar-refractivity contribution < 1.29 is 4.79 Å². The molecule has 1 aromatic carbocycles. The van der Waals surface area contributed by atoms with Crippen molar-refractivity contribution in [2.24, 2.45) is 0 Å². The Bertz CT molecular complexity index is 275. The van der Waals surface area contributed by atoms with E-state index in [4.69, 9.17) is 23.2 Å². The second-order valence-corrected chi connectivity index (χ2v) is 3.09. The third-order valence-electron chi connectivity index (χ3n) is 1.27. The van der Waals surface area contributed by atoms with Gasteiger partial charge < -0.3 is 0 Å². The van der Waals surface area contributed by atoms with Crippen LogP contribution in [0, 0.1) is 0 Å². The van der Waals surface area contributed by atoms with E-state index < -0.39 is 0 Å². The zero-order chi connectivity index (χ0) is 10.4. The third-order valence-corrected chi connectivity index (χ3v) is 1.71. The summed E-state index contributed by atoms with van der Waals surface area (Å²) in [5, 5.41) is 0.977. The topological polar surface area (TPSA) is 17.1 Å². The maximum Gasteiger partial charge on any atom is 0.159 e. The molecule has 72 valence electrons. The summed E-state index contributed by atoms with van der Waals surface area (Å²) in [5.41, 5.74) is 0.544. The van der Waals surface area contributed by atoms with Crippen LogP contribution in [0.15, 0.2) is 18.2 Å². The fourth-order valence-electron chi connectivity index (χ4n) is 0.757. The number of hydrogen-bond acceptors (Lipinski definition) is 1. The van der Waals surface area contributed by atoms with E-state index in [-0.39, 0.29) is 5.78 Å². The summed E-state index contributed by atoms with van der Waals surface area (Å²) < 4.78 is 0. The van der Waals surface area contributed by atoms with Gasteiger partial charge in [0.1, 0.15) is 0 Å². The monoisotopic (exact) mass is 218 g/mol. The van der Waals surface area contributed by atoms with Crippen LogP contribution in [0.25, 0.3) is 0 Å². The maximum atomic E-state index is 10.8. The Hall–Kier alpha value is -0.530. The van der Waals surface area contributed by atoms with Crippen molar-refractivity contribution in [1.82, 2.24) is 0 Å². The van der Waals surface area contributed by atoms with Crippen molar-refractivity contribution in [3.63, 3.8) is 0 Å². The Morgan fingerprint density at radius 3 is 1.77 bits per heavy atom. The first-order valence-corrected chi connectivity index (χ1v) is 4.82. The van der Waals surface area contributed by atoms with E-state index in [9.17, 15) is 4.79 Å². The van der Waals surface area contributed by atoms with Crippen LogP contribution in [0.2, 0.25) is 10.0 Å². The van der Waals surface area contributed by atoms with Crippen LogP contribution in [-0.2, 0) is 0 Å². The van der Waals surface area contributed by atoms with Gasteiger partial charge in [-0.25, -0.2) is 0 Å². The molecule has 0 amide bonds. The van der Waals surface area contributed by atoms with Crippen molar-refractivity contribution >= 4 is 29.0 Å². The number of benzene rings is 1. The molecule has 3 heteroatoms. The van der Waals surface area contributed by atoms with Gasteiger partial charge in [0, 0.05) is 15.6 Å². The predicted octanol–water partition coefficient (Wildman–Crippen LogP) is 4.22. The molecule has 1 nitrogen and oxygen atoms in total. The molecule has 0 aliphatic carbocycles. The first kappa shape index (κ1) is 12.5. The quantitative estimate of drug-likeness (QED) is 0.646. The summed E-state index contributed by atoms with van der Waals surface area (Å²) in [6.07, 6.45) is 0. The van der Waals surface area contributed by atoms with Crippen LogP contribution in [0.5, 0.6) is 0 Å². The lowest BCUT2D eigenvalue weighted by Crippen LogP contribution is -1.90. The van der Waals surface area contributed by atoms with Gasteiger partial charge in [0.2, 0.25) is 0 Å². The fraction of sp³-hybridized carbons (Fsp3) is 0.300. The summed E-state index contributed by atoms with van der Waals surface area (Å²) in [5.74, 6) is -0.0330. The summed E-state index contributed by atoms with van der Waals surface area (Å²) >= 11 is 11.3. The van der Waals surface area contributed by atoms with E-state index >= 15 is 0 Å². The van der Waals surface area contributed by atoms with Gasteiger partial charge in [-0.2, -0.15) is 0 Å². The van der Waals surface area contributed by atoms with Crippen LogP contribution < -0.4 is 0 Å². The zero-order valence-electron chi connectivity index (χ0n) is 7.90. The van der Waals surface area contributed by atoms with E-state index in [1.54, 1.807) is 18.2 Å². The van der Waals surface area contributed by atoms with Crippen LogP contribution in [0.3, 0.4) is 0 Å². The summed E-state index contributed by atoms with van der Waals surface area (Å²) in [6.45, 7) is 5.47. The van der Waals surface area contributed by atoms with Crippen molar-refractivity contribution in [3.05, 3.63) is 33.8 Å². The molecule has 0 radical (unpaired) electrons. The molecular formula is C10H12Cl2O. The van der Waals surface area contributed by atoms with Crippen molar-refractivity contribution in [2.45, 2.75) is 20.8 Å². The molecule has 0 aliphatic heterocycles. The molecule has 0 aliphatic rings. The number of Topliss-reactive ketones (excluding diaryl/α,β-unsaturated/α-hetero) is 1. The lowest BCUT2D eigenvalue weighted by Gasteiger charge is -1.96. The van der Waals surface area contributed by atoms with Crippen LogP contribution in [0.1, 0.15) is 31.1 Å². The standard InChI is InChI=1S/C8H6Cl2O.C2H6/c1-5(11)6-2-7(9)4-8(10)3-6;1-2/h2-4H,1H3;1-2H3. The number of carbonyl (C=O) groups excluding carboxylic acids is 1. The van der Waals surface area contributed by atoms with Crippen molar-refractivity contribution in [1.29, 1.82) is 0 Å². The van der Waals surface area contributed by atoms with Crippen LogP contribution >= 0.6 is 23.2 Å². The molecule has 0 heterocycles. The fourth-order valence-corrected chi connectivity index (χ4v) is 1.28. The predicted molar refractivity (Wildman–Crippen MR) is 57.8 cm³/mol. The molecule has 1 rings (SSSR count). The summed E-state index contributed by atoms with van der Waals surface area (Å²) in [6, 6.07) is 4.78. The smallest absolute Gasteiger partial charge is 0.159 e. The summed E-state index contributed by atoms with van der Waals surface area (Å²) in [7, 11) is 0. The average Bonchev–Trinajstić information content (AvgIpc) is 2.06. The molecule has 0 spiro atoms. The molecule has 1 aromatic rings. The highest BCUT2D eigenvalue weighted by atomic mass is 35.5. The second kappa shape index (κ2) is 6.01. The first-order valence-electron chi connectivity index (χ1n) is 4.06. The molecule has 0 N–H and O–H groups in total. The normalized spacial score (nSPS) is 8.69. The van der Waals surface area contributed by atoms with E-state index in [2.05, 4.69) is 0 Å². The lowest BCUT2D eigenvalue weighted by atomic mass is 10.1. The van der Waals surface area contributed by atoms with Gasteiger partial charge in [0.15, 0.2) is 5.78 Å². The van der Waals surface area contributed by atoms with E-state index in [0.717, 1.165) is 0 Å². The molecular weight excluding hydrogens is 207 g/mol. The molecule has 0 aromatic heterocycles. The van der Waals surface area contributed by atoms with Gasteiger partial charge >= 0.3 is 0 Å². The molecule has 0 bridgehead atoms. The second-order valence-electron chi connectivity index (χ2n) is 2.21. The van der Waals surface area contributed by atoms with E-state index in [0.29, 0.717) is 15.6 Å². The highest BCUT2D eigenvalue weighted by Crippen LogP contribution is 2.18. The van der Waals surface area contributed by atoms with Gasteiger partial charge in [-0.05, 0) is 25.1 Å². The largest absolute Gasteiger partial charge is 0.295 e. The van der Waals surface area contributed by atoms with Crippen LogP contribution in [0.4, 0.5) is 0 Å². The molecule has 0 saturated carbocycles. The van der Waals surface area contributed by atoms with Gasteiger partial charge in [-0.15, -0.1) is 0 Å². The maximum absolute atomic E-state index is 10.8. The Balaban J connectivity index is 0.000000671. The third kappa shape index (κ3) is 4.30. The van der Waals surface area contributed by atoms with Gasteiger partial charge in [0.25, 0.3) is 0 Å². The Kier molecular flexibility index (Phi) is 5.76. The van der Waals surface area contributed by atoms with Gasteiger partial charge in [-0.1, -0.05) is 37.0 Å². The number of ketones is 1. The number of halogens is 2. The highest BCUT2D eigenvalue weighted by Gasteiger charge is 2.01. The average molecular weight is 219 g/mol. The number of hydrogen-bond donors (Lipinski definition) is 0. The first-order chi connectivity index (χ1) is 6.09. The minimum Gasteiger partial charge on any atom is -0.295 e. The minimum atomic E-state index is -0.0330. The van der Waals surface area contributed by atoms with E-state index in [1.165, 1.54) is 6.92 Å². The van der Waals surface area contributed by atoms with E-state index in [1.807, 2.05) is 13.8 Å². The molecule has 13 heavy (non-hydrogen) atoms. The van der Waals surface area contributed by atoms with Crippen LogP contribution in [-0.4, -0.2) is 5.78 Å². The highest BCUT2D eigenvalue weighted by molar-refractivity contribution is 6.35. The molecule has 0 fully saturated rings. The minimum absolute atomic E-state index is 0.0330. The molecule has 0 saturated heterocycles. The van der Waals surface area contributed by atoms with Gasteiger partial charge in [-0.3, -0.25) is 4.79 Å². The Labute approximate surface area is 88.7 Å². The molecule has 0 unspecified atom stereocenters. The lowest BCUT2D eigenvalue weighted by molar-refractivity contribution is 0.101. The SMILES string of the molecule is CC.CC(=O)c1cc(Cl)cc(Cl)c1. The zero-order valence-corrected chi connectivity index (χ0v) is 9.41.